The van der Waals surface area contributed by atoms with Gasteiger partial charge in [0.15, 0.2) is 0 Å². The maximum absolute atomic E-state index is 13.0. The van der Waals surface area contributed by atoms with Gasteiger partial charge in [0, 0.05) is 0 Å². The number of carbonyl (C=O) groups excluding carboxylic acids is 1. The molecule has 0 fully saturated rings. The third-order valence-corrected chi connectivity index (χ3v) is 5.40. The van der Waals surface area contributed by atoms with Crippen molar-refractivity contribution in [3.8, 4) is 0 Å². The molecule has 0 bridgehead atoms. The zero-order valence-electron chi connectivity index (χ0n) is 16.7. The van der Waals surface area contributed by atoms with Crippen molar-refractivity contribution in [2.75, 3.05) is 0 Å². The van der Waals surface area contributed by atoms with Crippen LogP contribution in [0.15, 0.2) is 60.7 Å². The van der Waals surface area contributed by atoms with Crippen LogP contribution in [0.5, 0.6) is 0 Å². The number of fused-ring (bicyclic) bond motifs is 2. The lowest BCUT2D eigenvalue weighted by atomic mass is 10.0. The maximum atomic E-state index is 13.0. The Balaban J connectivity index is 1.55. The molecule has 5 nitrogen and oxygen atoms in total. The van der Waals surface area contributed by atoms with Crippen LogP contribution in [0.25, 0.3) is 21.8 Å². The van der Waals surface area contributed by atoms with Crippen LogP contribution in [0.2, 0.25) is 0 Å². The number of para-hydroxylation sites is 2. The zero-order chi connectivity index (χ0) is 20.2. The number of unbranched alkanes of at least 4 members (excludes halogenated alkanes) is 4. The Morgan fingerprint density at radius 2 is 1.72 bits per heavy atom. The summed E-state index contributed by atoms with van der Waals surface area (Å²) >= 11 is 0. The molecule has 1 aromatic heterocycles. The predicted octanol–water partition coefficient (Wildman–Crippen LogP) is 5.02. The number of carbonyl (C=O) groups is 1. The molecule has 3 aromatic carbocycles. The molecule has 0 unspecified atom stereocenters. The van der Waals surface area contributed by atoms with Crippen molar-refractivity contribution in [1.29, 1.82) is 0 Å². The molecule has 0 saturated carbocycles. The summed E-state index contributed by atoms with van der Waals surface area (Å²) in [6.45, 7) is 2.23. The van der Waals surface area contributed by atoms with Gasteiger partial charge in [-0.05, 0) is 53.4 Å². The Morgan fingerprint density at radius 3 is 2.59 bits per heavy atom. The standard InChI is InChI=1S/C24H25N3O2/c1-2-3-4-5-6-9-18-12-13-20-17-21(15-14-19(20)16-18)24(28)26-22-10-7-8-11-23(22)27(29)25-26/h7-8,10-17H,2-6,9H2,1H3. The highest BCUT2D eigenvalue weighted by molar-refractivity contribution is 6.02. The first-order valence-corrected chi connectivity index (χ1v) is 10.3. The molecule has 0 N–H and O–H groups in total. The van der Waals surface area contributed by atoms with Gasteiger partial charge in [-0.25, -0.2) is 4.79 Å². The van der Waals surface area contributed by atoms with Crippen LogP contribution in [0.3, 0.4) is 0 Å². The van der Waals surface area contributed by atoms with Gasteiger partial charge in [-0.2, -0.15) is 0 Å². The van der Waals surface area contributed by atoms with E-state index in [1.54, 1.807) is 30.3 Å². The van der Waals surface area contributed by atoms with E-state index in [4.69, 9.17) is 0 Å². The molecule has 0 atom stereocenters. The maximum Gasteiger partial charge on any atom is 0.366 e. The molecule has 29 heavy (non-hydrogen) atoms. The van der Waals surface area contributed by atoms with Crippen molar-refractivity contribution in [1.82, 2.24) is 9.90 Å². The van der Waals surface area contributed by atoms with Gasteiger partial charge in [-0.1, -0.05) is 73.7 Å². The second-order valence-corrected chi connectivity index (χ2v) is 7.53. The first-order valence-electron chi connectivity index (χ1n) is 10.3. The second kappa shape index (κ2) is 8.43. The van der Waals surface area contributed by atoms with Crippen molar-refractivity contribution < 1.29 is 9.64 Å². The predicted molar refractivity (Wildman–Crippen MR) is 115 cm³/mol. The van der Waals surface area contributed by atoms with Crippen molar-refractivity contribution >= 4 is 27.7 Å². The van der Waals surface area contributed by atoms with Gasteiger partial charge in [-0.15, -0.1) is 4.85 Å². The average Bonchev–Trinajstić information content (AvgIpc) is 3.09. The fourth-order valence-corrected chi connectivity index (χ4v) is 3.77. The quantitative estimate of drug-likeness (QED) is 0.254. The largest absolute Gasteiger partial charge is 0.691 e. The van der Waals surface area contributed by atoms with E-state index >= 15 is 0 Å². The van der Waals surface area contributed by atoms with Crippen molar-refractivity contribution in [3.63, 3.8) is 0 Å². The normalized spacial score (nSPS) is 11.3. The molecule has 4 aromatic rings. The molecule has 0 saturated heterocycles. The monoisotopic (exact) mass is 387 g/mol. The molecule has 0 amide bonds. The van der Waals surface area contributed by atoms with Crippen LogP contribution in [0.4, 0.5) is 0 Å². The van der Waals surface area contributed by atoms with Gasteiger partial charge >= 0.3 is 5.91 Å². The van der Waals surface area contributed by atoms with Crippen LogP contribution in [-0.4, -0.2) is 15.8 Å². The topological polar surface area (TPSA) is 61.8 Å². The molecular weight excluding hydrogens is 362 g/mol. The number of benzene rings is 3. The second-order valence-electron chi connectivity index (χ2n) is 7.53. The summed E-state index contributed by atoms with van der Waals surface area (Å²) in [6.07, 6.45) is 7.46. The van der Waals surface area contributed by atoms with Crippen LogP contribution in [-0.2, 0) is 6.42 Å². The van der Waals surface area contributed by atoms with E-state index in [0.29, 0.717) is 21.4 Å². The zero-order valence-corrected chi connectivity index (χ0v) is 16.7. The number of hydrogen-bond acceptors (Lipinski definition) is 3. The van der Waals surface area contributed by atoms with Crippen molar-refractivity contribution in [2.24, 2.45) is 0 Å². The molecule has 0 aliphatic rings. The summed E-state index contributed by atoms with van der Waals surface area (Å²) in [4.78, 5) is 13.4. The van der Waals surface area contributed by atoms with Gasteiger partial charge in [0.2, 0.25) is 11.0 Å². The van der Waals surface area contributed by atoms with Gasteiger partial charge in [-0.3, -0.25) is 0 Å². The van der Waals surface area contributed by atoms with Crippen LogP contribution in [0.1, 0.15) is 54.9 Å². The smallest absolute Gasteiger partial charge is 0.366 e. The van der Waals surface area contributed by atoms with Crippen molar-refractivity contribution in [3.05, 3.63) is 77.0 Å². The minimum absolute atomic E-state index is 0.308. The highest BCUT2D eigenvalue weighted by Gasteiger charge is 2.22. The van der Waals surface area contributed by atoms with E-state index in [1.165, 1.54) is 42.3 Å². The van der Waals surface area contributed by atoms with Gasteiger partial charge in [0.05, 0.1) is 5.56 Å². The first kappa shape index (κ1) is 19.1. The number of aromatic nitrogens is 3. The first-order chi connectivity index (χ1) is 14.2. The Bertz CT molecular complexity index is 1160. The summed E-state index contributed by atoms with van der Waals surface area (Å²) in [5, 5.41) is 17.9. The molecule has 0 spiro atoms. The molecule has 1 heterocycles. The number of nitrogens with zero attached hydrogens (tertiary/aromatic N) is 3. The highest BCUT2D eigenvalue weighted by Crippen LogP contribution is 2.21. The lowest BCUT2D eigenvalue weighted by molar-refractivity contribution is -0.645. The Morgan fingerprint density at radius 1 is 0.966 bits per heavy atom. The summed E-state index contributed by atoms with van der Waals surface area (Å²) in [7, 11) is 0. The van der Waals surface area contributed by atoms with Crippen molar-refractivity contribution in [2.45, 2.75) is 45.4 Å². The van der Waals surface area contributed by atoms with E-state index in [-0.39, 0.29) is 5.91 Å². The fourth-order valence-electron chi connectivity index (χ4n) is 3.77. The molecule has 4 rings (SSSR count). The van der Waals surface area contributed by atoms with Gasteiger partial charge < -0.3 is 5.21 Å². The fraction of sp³-hybridized carbons (Fsp3) is 0.292. The summed E-state index contributed by atoms with van der Waals surface area (Å²) < 4.78 is 1.17. The summed E-state index contributed by atoms with van der Waals surface area (Å²) in [6, 6.07) is 19.0. The number of rotatable bonds is 7. The SMILES string of the molecule is CCCCCCCc1ccc2cc(C(=O)n3n[n+]([O-])c4ccccc43)ccc2c1. The minimum Gasteiger partial charge on any atom is -0.691 e. The highest BCUT2D eigenvalue weighted by atomic mass is 16.5. The Hall–Kier alpha value is -3.21. The molecule has 5 heteroatoms. The van der Waals surface area contributed by atoms with Crippen LogP contribution >= 0.6 is 0 Å². The molecular formula is C24H25N3O2. The number of aryl methyl sites for hydroxylation is 1. The van der Waals surface area contributed by atoms with E-state index in [2.05, 4.69) is 30.3 Å². The molecule has 148 valence electrons. The third-order valence-electron chi connectivity index (χ3n) is 5.40. The van der Waals surface area contributed by atoms with Gasteiger partial charge in [0.25, 0.3) is 0 Å². The molecule has 0 aliphatic carbocycles. The number of hydrogen-bond donors (Lipinski definition) is 0. The van der Waals surface area contributed by atoms with Crippen LogP contribution in [0, 0.1) is 5.21 Å². The summed E-state index contributed by atoms with van der Waals surface area (Å²) in [5.74, 6) is -0.308. The molecule has 0 aliphatic heterocycles. The molecule has 0 radical (unpaired) electrons. The van der Waals surface area contributed by atoms with E-state index in [9.17, 15) is 10.0 Å². The lowest BCUT2D eigenvalue weighted by Crippen LogP contribution is -2.31. The van der Waals surface area contributed by atoms with E-state index in [1.807, 2.05) is 12.1 Å². The third kappa shape index (κ3) is 3.99. The average molecular weight is 387 g/mol. The lowest BCUT2D eigenvalue weighted by Gasteiger charge is -2.05. The Kier molecular flexibility index (Phi) is 5.56. The summed E-state index contributed by atoms with van der Waals surface area (Å²) in [5.41, 5.74) is 2.73. The van der Waals surface area contributed by atoms with Gasteiger partial charge in [0.1, 0.15) is 5.21 Å². The van der Waals surface area contributed by atoms with E-state index in [0.717, 1.165) is 17.2 Å². The Labute approximate surface area is 170 Å². The van der Waals surface area contributed by atoms with E-state index < -0.39 is 0 Å². The van der Waals surface area contributed by atoms with Crippen LogP contribution < -0.4 is 4.85 Å². The minimum atomic E-state index is -0.308.